The molecule has 2 aromatic carbocycles. The fourth-order valence-electron chi connectivity index (χ4n) is 2.86. The quantitative estimate of drug-likeness (QED) is 0.464. The molecule has 3 aromatic rings. The van der Waals surface area contributed by atoms with Gasteiger partial charge < -0.3 is 10.5 Å². The Balaban J connectivity index is 1.71. The van der Waals surface area contributed by atoms with Gasteiger partial charge in [-0.25, -0.2) is 13.6 Å². The predicted molar refractivity (Wildman–Crippen MR) is 102 cm³/mol. The molecule has 3 N–H and O–H groups in total. The van der Waals surface area contributed by atoms with Crippen molar-refractivity contribution in [2.24, 2.45) is 0 Å². The van der Waals surface area contributed by atoms with Crippen LogP contribution in [0.1, 0.15) is 5.56 Å². The summed E-state index contributed by atoms with van der Waals surface area (Å²) in [6.45, 7) is -0.0448. The standard InChI is InChI=1S/C21H16F5N3O2/c22-17-2-1-3-18(23)16(17)10-11-28-20(30)29-12-14(6-9-19(29)27)13-4-7-15(8-5-13)31-21(24,25)26/h1-9,12,27H,10-11H2,(H,28,30)/p+1. The van der Waals surface area contributed by atoms with Crippen molar-refractivity contribution in [1.82, 2.24) is 5.32 Å². The van der Waals surface area contributed by atoms with Crippen LogP contribution in [0.2, 0.25) is 0 Å². The third-order valence-electron chi connectivity index (χ3n) is 4.33. The fraction of sp³-hybridized carbons (Fsp3) is 0.143. The average Bonchev–Trinajstić information content (AvgIpc) is 2.70. The van der Waals surface area contributed by atoms with E-state index in [2.05, 4.69) is 10.1 Å². The molecule has 0 aliphatic carbocycles. The normalized spacial score (nSPS) is 11.3. The summed E-state index contributed by atoms with van der Waals surface area (Å²) in [6.07, 6.45) is -3.46. The number of hydrogen-bond donors (Lipinski definition) is 2. The largest absolute Gasteiger partial charge is 0.573 e. The van der Waals surface area contributed by atoms with Crippen molar-refractivity contribution in [2.45, 2.75) is 12.8 Å². The maximum atomic E-state index is 13.7. The van der Waals surface area contributed by atoms with Crippen LogP contribution in [0, 0.1) is 11.6 Å². The van der Waals surface area contributed by atoms with Crippen LogP contribution in [0.3, 0.4) is 0 Å². The highest BCUT2D eigenvalue weighted by atomic mass is 19.4. The van der Waals surface area contributed by atoms with E-state index in [1.54, 1.807) is 6.07 Å². The number of carbonyl (C=O) groups excluding carboxylic acids is 1. The van der Waals surface area contributed by atoms with Crippen LogP contribution >= 0.6 is 0 Å². The summed E-state index contributed by atoms with van der Waals surface area (Å²) >= 11 is 0. The molecule has 1 heterocycles. The Hall–Kier alpha value is -3.69. The first-order valence-electron chi connectivity index (χ1n) is 9.02. The van der Waals surface area contributed by atoms with Crippen LogP contribution in [-0.4, -0.2) is 18.9 Å². The Morgan fingerprint density at radius 2 is 1.58 bits per heavy atom. The number of aromatic nitrogens is 1. The second kappa shape index (κ2) is 8.99. The molecule has 0 spiro atoms. The van der Waals surface area contributed by atoms with E-state index < -0.39 is 24.0 Å². The molecule has 0 atom stereocenters. The molecule has 0 saturated carbocycles. The fourth-order valence-corrected chi connectivity index (χ4v) is 2.86. The summed E-state index contributed by atoms with van der Waals surface area (Å²) in [4.78, 5) is 12.5. The molecule has 0 aliphatic heterocycles. The monoisotopic (exact) mass is 438 g/mol. The van der Waals surface area contributed by atoms with Crippen LogP contribution in [0.4, 0.5) is 32.6 Å². The van der Waals surface area contributed by atoms with Crippen molar-refractivity contribution < 1.29 is 36.1 Å². The minimum absolute atomic E-state index is 0.0448. The molecule has 1 amide bonds. The molecule has 0 unspecified atom stereocenters. The van der Waals surface area contributed by atoms with Crippen LogP contribution in [0.5, 0.6) is 5.75 Å². The van der Waals surface area contributed by atoms with E-state index in [-0.39, 0.29) is 30.1 Å². The van der Waals surface area contributed by atoms with Crippen LogP contribution in [-0.2, 0) is 6.42 Å². The average molecular weight is 438 g/mol. The number of halogens is 5. The second-order valence-corrected chi connectivity index (χ2v) is 6.47. The van der Waals surface area contributed by atoms with Gasteiger partial charge in [0.05, 0.1) is 12.7 Å². The van der Waals surface area contributed by atoms with Gasteiger partial charge in [0.25, 0.3) is 0 Å². The van der Waals surface area contributed by atoms with Crippen molar-refractivity contribution in [3.8, 4) is 16.9 Å². The predicted octanol–water partition coefficient (Wildman–Crippen LogP) is 4.20. The number of rotatable bonds is 5. The van der Waals surface area contributed by atoms with Gasteiger partial charge in [0.15, 0.2) is 0 Å². The third kappa shape index (κ3) is 5.68. The summed E-state index contributed by atoms with van der Waals surface area (Å²) in [5.41, 5.74) is 6.71. The number of alkyl halides is 3. The first kappa shape index (κ1) is 22.0. The molecule has 3 rings (SSSR count). The Morgan fingerprint density at radius 1 is 0.968 bits per heavy atom. The number of nitrogens with one attached hydrogen (secondary N) is 1. The number of nitrogens with zero attached hydrogens (tertiary/aromatic N) is 1. The van der Waals surface area contributed by atoms with Gasteiger partial charge in [-0.05, 0) is 35.9 Å². The molecule has 0 saturated heterocycles. The first-order chi connectivity index (χ1) is 14.6. The second-order valence-electron chi connectivity index (χ2n) is 6.47. The van der Waals surface area contributed by atoms with E-state index in [9.17, 15) is 26.7 Å². The Kier molecular flexibility index (Phi) is 6.38. The number of carbonyl (C=O) groups is 1. The van der Waals surface area contributed by atoms with Gasteiger partial charge in [-0.1, -0.05) is 18.2 Å². The molecular formula is C21H17F5N3O2+. The van der Waals surface area contributed by atoms with Gasteiger partial charge in [-0.2, -0.15) is 4.57 Å². The van der Waals surface area contributed by atoms with Gasteiger partial charge >= 0.3 is 12.4 Å². The van der Waals surface area contributed by atoms with Crippen molar-refractivity contribution in [2.75, 3.05) is 12.3 Å². The zero-order valence-electron chi connectivity index (χ0n) is 15.9. The molecule has 0 radical (unpaired) electrons. The van der Waals surface area contributed by atoms with Gasteiger partial charge in [0, 0.05) is 23.6 Å². The number of ether oxygens (including phenoxy) is 1. The number of anilines is 1. The third-order valence-corrected chi connectivity index (χ3v) is 4.33. The number of nitrogen functional groups attached to an aromatic ring is 1. The summed E-state index contributed by atoms with van der Waals surface area (Å²) in [7, 11) is 0. The molecule has 10 heteroatoms. The van der Waals surface area contributed by atoms with Crippen molar-refractivity contribution in [3.05, 3.63) is 78.0 Å². The molecule has 0 fully saturated rings. The van der Waals surface area contributed by atoms with Gasteiger partial charge in [-0.15, -0.1) is 13.2 Å². The molecule has 0 bridgehead atoms. The van der Waals surface area contributed by atoms with Gasteiger partial charge in [0.2, 0.25) is 5.82 Å². The lowest BCUT2D eigenvalue weighted by Gasteiger charge is -2.10. The Morgan fingerprint density at radius 3 is 2.19 bits per heavy atom. The lowest BCUT2D eigenvalue weighted by atomic mass is 10.1. The molecular weight excluding hydrogens is 421 g/mol. The minimum atomic E-state index is -4.80. The first-order valence-corrected chi connectivity index (χ1v) is 9.02. The van der Waals surface area contributed by atoms with Gasteiger partial charge in [-0.3, -0.25) is 5.32 Å². The van der Waals surface area contributed by atoms with E-state index in [0.29, 0.717) is 11.1 Å². The number of pyridine rings is 1. The van der Waals surface area contributed by atoms with E-state index in [4.69, 9.17) is 5.73 Å². The molecule has 1 aromatic heterocycles. The zero-order valence-corrected chi connectivity index (χ0v) is 15.9. The molecule has 162 valence electrons. The lowest BCUT2D eigenvalue weighted by Crippen LogP contribution is -2.52. The van der Waals surface area contributed by atoms with Crippen molar-refractivity contribution >= 4 is 11.8 Å². The van der Waals surface area contributed by atoms with Crippen molar-refractivity contribution in [1.29, 1.82) is 0 Å². The zero-order chi connectivity index (χ0) is 22.6. The molecule has 0 aliphatic rings. The maximum Gasteiger partial charge on any atom is 0.573 e. The van der Waals surface area contributed by atoms with Gasteiger partial charge in [0.1, 0.15) is 17.4 Å². The Bertz CT molecular complexity index is 1070. The maximum absolute atomic E-state index is 13.7. The molecule has 31 heavy (non-hydrogen) atoms. The van der Waals surface area contributed by atoms with Crippen LogP contribution < -0.4 is 20.4 Å². The van der Waals surface area contributed by atoms with E-state index in [1.807, 2.05) is 0 Å². The molecule has 5 nitrogen and oxygen atoms in total. The summed E-state index contributed by atoms with van der Waals surface area (Å²) < 4.78 is 69.1. The Labute approximate surface area is 173 Å². The lowest BCUT2D eigenvalue weighted by molar-refractivity contribution is -0.556. The smallest absolute Gasteiger partial charge is 0.406 e. The number of nitrogens with two attached hydrogens (primary N) is 1. The van der Waals surface area contributed by atoms with Crippen LogP contribution in [0.25, 0.3) is 11.1 Å². The topological polar surface area (TPSA) is 68.2 Å². The number of amides is 1. The van der Waals surface area contributed by atoms with Crippen LogP contribution in [0.15, 0.2) is 60.8 Å². The van der Waals surface area contributed by atoms with E-state index >= 15 is 0 Å². The van der Waals surface area contributed by atoms with E-state index in [1.165, 1.54) is 30.5 Å². The highest BCUT2D eigenvalue weighted by Crippen LogP contribution is 2.26. The highest BCUT2D eigenvalue weighted by molar-refractivity contribution is 5.69. The van der Waals surface area contributed by atoms with Crippen molar-refractivity contribution in [3.63, 3.8) is 0 Å². The summed E-state index contributed by atoms with van der Waals surface area (Å²) in [6, 6.07) is 11.0. The SMILES string of the molecule is Nc1ccc(-c2ccc(OC(F)(F)F)cc2)c[n+]1C(=O)NCCc1c(F)cccc1F. The number of hydrogen-bond acceptors (Lipinski definition) is 3. The highest BCUT2D eigenvalue weighted by Gasteiger charge is 2.31. The van der Waals surface area contributed by atoms with E-state index in [0.717, 1.165) is 28.8 Å². The summed E-state index contributed by atoms with van der Waals surface area (Å²) in [5, 5.41) is 2.52. The number of benzene rings is 2. The summed E-state index contributed by atoms with van der Waals surface area (Å²) in [5.74, 6) is -1.70. The minimum Gasteiger partial charge on any atom is -0.406 e.